The molecular formula is C15H12N4O2S. The molecule has 6 nitrogen and oxygen atoms in total. The Morgan fingerprint density at radius 1 is 1.23 bits per heavy atom. The Morgan fingerprint density at radius 2 is 1.91 bits per heavy atom. The lowest BCUT2D eigenvalue weighted by atomic mass is 10.2. The number of hydrogen-bond acceptors (Lipinski definition) is 4. The zero-order chi connectivity index (χ0) is 15.7. The molecule has 3 rings (SSSR count). The number of imidazole rings is 1. The summed E-state index contributed by atoms with van der Waals surface area (Å²) in [5, 5.41) is 10.8. The van der Waals surface area contributed by atoms with Crippen molar-refractivity contribution in [3.63, 3.8) is 0 Å². The van der Waals surface area contributed by atoms with Crippen molar-refractivity contribution in [1.29, 1.82) is 0 Å². The van der Waals surface area contributed by atoms with E-state index in [4.69, 9.17) is 18.0 Å². The first-order valence-electron chi connectivity index (χ1n) is 6.54. The summed E-state index contributed by atoms with van der Waals surface area (Å²) in [5.41, 5.74) is 8.24. The van der Waals surface area contributed by atoms with E-state index in [2.05, 4.69) is 4.98 Å². The van der Waals surface area contributed by atoms with E-state index in [1.54, 1.807) is 12.1 Å². The van der Waals surface area contributed by atoms with E-state index in [0.29, 0.717) is 17.4 Å². The van der Waals surface area contributed by atoms with Gasteiger partial charge in [-0.2, -0.15) is 0 Å². The minimum atomic E-state index is -0.429. The Hall–Kier alpha value is -2.80. The van der Waals surface area contributed by atoms with Gasteiger partial charge in [-0.25, -0.2) is 4.98 Å². The molecule has 0 amide bonds. The van der Waals surface area contributed by atoms with E-state index in [0.717, 1.165) is 16.6 Å². The molecule has 0 aliphatic heterocycles. The van der Waals surface area contributed by atoms with Gasteiger partial charge in [-0.3, -0.25) is 10.1 Å². The Bertz CT molecular complexity index is 871. The number of nitro benzene ring substituents is 1. The van der Waals surface area contributed by atoms with Crippen LogP contribution in [0.2, 0.25) is 0 Å². The van der Waals surface area contributed by atoms with Crippen LogP contribution in [0, 0.1) is 10.1 Å². The van der Waals surface area contributed by atoms with E-state index >= 15 is 0 Å². The highest BCUT2D eigenvalue weighted by Crippen LogP contribution is 2.26. The molecule has 1 heterocycles. The molecule has 3 aromatic rings. The summed E-state index contributed by atoms with van der Waals surface area (Å²) < 4.78 is 1.92. The number of aromatic nitrogens is 2. The fraction of sp³-hybridized carbons (Fsp3) is 0.0667. The topological polar surface area (TPSA) is 87.0 Å². The molecule has 0 aliphatic rings. The van der Waals surface area contributed by atoms with E-state index in [1.165, 1.54) is 12.1 Å². The Balaban J connectivity index is 2.16. The summed E-state index contributed by atoms with van der Waals surface area (Å²) >= 11 is 5.01. The molecule has 2 aromatic carbocycles. The molecule has 1 aromatic heterocycles. The highest BCUT2D eigenvalue weighted by molar-refractivity contribution is 7.80. The van der Waals surface area contributed by atoms with Crippen LogP contribution in [-0.4, -0.2) is 19.5 Å². The maximum Gasteiger partial charge on any atom is 0.269 e. The van der Waals surface area contributed by atoms with Gasteiger partial charge in [0.2, 0.25) is 0 Å². The maximum atomic E-state index is 10.8. The molecule has 0 spiro atoms. The SMILES string of the molecule is NC(=S)Cn1c(-c2ccc([N+](=O)[O-])cc2)nc2ccccc21. The van der Waals surface area contributed by atoms with Gasteiger partial charge in [-0.15, -0.1) is 0 Å². The molecule has 0 unspecified atom stereocenters. The van der Waals surface area contributed by atoms with Crippen molar-refractivity contribution in [3.05, 3.63) is 58.6 Å². The third-order valence-electron chi connectivity index (χ3n) is 3.30. The highest BCUT2D eigenvalue weighted by Gasteiger charge is 2.14. The second-order valence-corrected chi connectivity index (χ2v) is 5.30. The summed E-state index contributed by atoms with van der Waals surface area (Å²) in [6.07, 6.45) is 0. The molecule has 22 heavy (non-hydrogen) atoms. The van der Waals surface area contributed by atoms with Crippen LogP contribution in [0.25, 0.3) is 22.4 Å². The van der Waals surface area contributed by atoms with Gasteiger partial charge in [-0.1, -0.05) is 24.4 Å². The van der Waals surface area contributed by atoms with Gasteiger partial charge in [0, 0.05) is 17.7 Å². The van der Waals surface area contributed by atoms with Crippen molar-refractivity contribution in [2.24, 2.45) is 5.73 Å². The second-order valence-electron chi connectivity index (χ2n) is 4.78. The molecule has 2 N–H and O–H groups in total. The predicted molar refractivity (Wildman–Crippen MR) is 88.6 cm³/mol. The average molecular weight is 312 g/mol. The van der Waals surface area contributed by atoms with Crippen LogP contribution in [-0.2, 0) is 6.54 Å². The number of rotatable bonds is 4. The Labute approximate surface area is 131 Å². The quantitative estimate of drug-likeness (QED) is 0.455. The molecule has 0 bridgehead atoms. The number of nitro groups is 1. The summed E-state index contributed by atoms with van der Waals surface area (Å²) in [5.74, 6) is 0.684. The predicted octanol–water partition coefficient (Wildman–Crippen LogP) is 2.90. The van der Waals surface area contributed by atoms with Crippen molar-refractivity contribution < 1.29 is 4.92 Å². The molecule has 0 fully saturated rings. The van der Waals surface area contributed by atoms with E-state index < -0.39 is 4.92 Å². The van der Waals surface area contributed by atoms with Gasteiger partial charge >= 0.3 is 0 Å². The first-order valence-corrected chi connectivity index (χ1v) is 6.95. The monoisotopic (exact) mass is 312 g/mol. The molecule has 0 aliphatic carbocycles. The standard InChI is InChI=1S/C15H12N4O2S/c16-14(22)9-18-13-4-2-1-3-12(13)17-15(18)10-5-7-11(8-6-10)19(20)21/h1-8H,9H2,(H2,16,22). The first-order chi connectivity index (χ1) is 10.6. The number of para-hydroxylation sites is 2. The Morgan fingerprint density at radius 3 is 2.55 bits per heavy atom. The second kappa shape index (κ2) is 5.53. The maximum absolute atomic E-state index is 10.8. The minimum absolute atomic E-state index is 0.0424. The number of thiocarbonyl (C=S) groups is 1. The fourth-order valence-electron chi connectivity index (χ4n) is 2.34. The van der Waals surface area contributed by atoms with Gasteiger partial charge in [0.25, 0.3) is 5.69 Å². The normalized spacial score (nSPS) is 10.7. The minimum Gasteiger partial charge on any atom is -0.392 e. The summed E-state index contributed by atoms with van der Waals surface area (Å²) in [6, 6.07) is 13.9. The van der Waals surface area contributed by atoms with Crippen LogP contribution < -0.4 is 5.73 Å². The Kier molecular flexibility index (Phi) is 3.56. The van der Waals surface area contributed by atoms with Crippen molar-refractivity contribution in [3.8, 4) is 11.4 Å². The van der Waals surface area contributed by atoms with E-state index in [-0.39, 0.29) is 5.69 Å². The van der Waals surface area contributed by atoms with E-state index in [1.807, 2.05) is 28.8 Å². The highest BCUT2D eigenvalue weighted by atomic mass is 32.1. The van der Waals surface area contributed by atoms with Crippen LogP contribution in [0.3, 0.4) is 0 Å². The molecular weight excluding hydrogens is 300 g/mol. The summed E-state index contributed by atoms with van der Waals surface area (Å²) in [4.78, 5) is 15.3. The lowest BCUT2D eigenvalue weighted by Crippen LogP contribution is -2.17. The van der Waals surface area contributed by atoms with Crippen LogP contribution in [0.1, 0.15) is 0 Å². The smallest absolute Gasteiger partial charge is 0.269 e. The molecule has 0 saturated heterocycles. The first kappa shape index (κ1) is 14.2. The molecule has 0 radical (unpaired) electrons. The van der Waals surface area contributed by atoms with Crippen LogP contribution in [0.4, 0.5) is 5.69 Å². The van der Waals surface area contributed by atoms with Gasteiger partial charge in [0.15, 0.2) is 0 Å². The van der Waals surface area contributed by atoms with Crippen molar-refractivity contribution in [2.45, 2.75) is 6.54 Å². The number of benzene rings is 2. The summed E-state index contributed by atoms with van der Waals surface area (Å²) in [7, 11) is 0. The lowest BCUT2D eigenvalue weighted by molar-refractivity contribution is -0.384. The third kappa shape index (κ3) is 2.53. The molecule has 7 heteroatoms. The number of nitrogens with zero attached hydrogens (tertiary/aromatic N) is 3. The van der Waals surface area contributed by atoms with Gasteiger partial charge < -0.3 is 10.3 Å². The lowest BCUT2D eigenvalue weighted by Gasteiger charge is -2.08. The summed E-state index contributed by atoms with van der Waals surface area (Å²) in [6.45, 7) is 0.363. The third-order valence-corrected chi connectivity index (χ3v) is 3.43. The molecule has 0 saturated carbocycles. The van der Waals surface area contributed by atoms with Gasteiger partial charge in [-0.05, 0) is 24.3 Å². The van der Waals surface area contributed by atoms with Gasteiger partial charge in [0.05, 0.1) is 27.5 Å². The van der Waals surface area contributed by atoms with Crippen molar-refractivity contribution >= 4 is 33.9 Å². The van der Waals surface area contributed by atoms with Crippen molar-refractivity contribution in [2.75, 3.05) is 0 Å². The zero-order valence-electron chi connectivity index (χ0n) is 11.5. The number of non-ortho nitro benzene ring substituents is 1. The van der Waals surface area contributed by atoms with Crippen LogP contribution >= 0.6 is 12.2 Å². The fourth-order valence-corrected chi connectivity index (χ4v) is 2.47. The molecule has 0 atom stereocenters. The number of fused-ring (bicyclic) bond motifs is 1. The van der Waals surface area contributed by atoms with Crippen LogP contribution in [0.5, 0.6) is 0 Å². The average Bonchev–Trinajstić information content (AvgIpc) is 2.86. The van der Waals surface area contributed by atoms with Gasteiger partial charge in [0.1, 0.15) is 5.82 Å². The number of nitrogens with two attached hydrogens (primary N) is 1. The molecule has 110 valence electrons. The largest absolute Gasteiger partial charge is 0.392 e. The van der Waals surface area contributed by atoms with Crippen molar-refractivity contribution in [1.82, 2.24) is 9.55 Å². The van der Waals surface area contributed by atoms with Crippen LogP contribution in [0.15, 0.2) is 48.5 Å². The number of hydrogen-bond donors (Lipinski definition) is 1. The van der Waals surface area contributed by atoms with E-state index in [9.17, 15) is 10.1 Å². The zero-order valence-corrected chi connectivity index (χ0v) is 12.3.